The van der Waals surface area contributed by atoms with Crippen molar-refractivity contribution in [1.29, 1.82) is 0 Å². The number of nitro groups is 1. The highest BCUT2D eigenvalue weighted by Gasteiger charge is 2.04. The van der Waals surface area contributed by atoms with Crippen LogP contribution in [0.15, 0.2) is 61.1 Å². The molecule has 2 aromatic rings. The minimum absolute atomic E-state index is 0.0103. The van der Waals surface area contributed by atoms with Crippen molar-refractivity contribution in [2.24, 2.45) is 0 Å². The van der Waals surface area contributed by atoms with Crippen molar-refractivity contribution in [3.63, 3.8) is 0 Å². The fourth-order valence-electron chi connectivity index (χ4n) is 1.54. The molecular weight excluding hydrogens is 258 g/mol. The van der Waals surface area contributed by atoms with Crippen LogP contribution >= 0.6 is 0 Å². The normalized spacial score (nSPS) is 10.4. The number of hydrogen-bond donors (Lipinski definition) is 1. The molecule has 2 rings (SSSR count). The predicted molar refractivity (Wildman–Crippen MR) is 74.4 cm³/mol. The number of hydrogen-bond acceptors (Lipinski definition) is 5. The monoisotopic (exact) mass is 269 g/mol. The SMILES string of the molecule is O=C(/C=C\Nc1cccc([N+](=O)[O-])c1)c1ccncc1. The molecule has 6 heteroatoms. The number of nitro benzene ring substituents is 1. The Morgan fingerprint density at radius 2 is 2.00 bits per heavy atom. The van der Waals surface area contributed by atoms with Crippen molar-refractivity contribution >= 4 is 17.2 Å². The lowest BCUT2D eigenvalue weighted by atomic mass is 10.2. The van der Waals surface area contributed by atoms with Crippen molar-refractivity contribution in [2.45, 2.75) is 0 Å². The number of anilines is 1. The van der Waals surface area contributed by atoms with E-state index in [4.69, 9.17) is 0 Å². The summed E-state index contributed by atoms with van der Waals surface area (Å²) in [5, 5.41) is 13.4. The van der Waals surface area contributed by atoms with E-state index in [1.54, 1.807) is 24.3 Å². The summed E-state index contributed by atoms with van der Waals surface area (Å²) >= 11 is 0. The fourth-order valence-corrected chi connectivity index (χ4v) is 1.54. The number of allylic oxidation sites excluding steroid dienone is 1. The third-order valence-electron chi connectivity index (χ3n) is 2.51. The summed E-state index contributed by atoms with van der Waals surface area (Å²) in [5.74, 6) is -0.176. The van der Waals surface area contributed by atoms with E-state index in [9.17, 15) is 14.9 Å². The van der Waals surface area contributed by atoms with E-state index in [2.05, 4.69) is 10.3 Å². The first kappa shape index (κ1) is 13.4. The summed E-state index contributed by atoms with van der Waals surface area (Å²) in [6.45, 7) is 0. The van der Waals surface area contributed by atoms with Crippen molar-refractivity contribution in [1.82, 2.24) is 4.98 Å². The molecule has 0 amide bonds. The van der Waals surface area contributed by atoms with Gasteiger partial charge < -0.3 is 5.32 Å². The largest absolute Gasteiger partial charge is 0.361 e. The number of nitrogens with one attached hydrogen (secondary N) is 1. The minimum atomic E-state index is -0.475. The van der Waals surface area contributed by atoms with Crippen molar-refractivity contribution in [2.75, 3.05) is 5.32 Å². The zero-order valence-corrected chi connectivity index (χ0v) is 10.4. The van der Waals surface area contributed by atoms with Gasteiger partial charge in [-0.15, -0.1) is 0 Å². The molecule has 6 nitrogen and oxygen atoms in total. The van der Waals surface area contributed by atoms with E-state index in [0.717, 1.165) is 0 Å². The van der Waals surface area contributed by atoms with Crippen molar-refractivity contribution in [3.05, 3.63) is 76.7 Å². The second kappa shape index (κ2) is 6.24. The van der Waals surface area contributed by atoms with Gasteiger partial charge in [0.25, 0.3) is 5.69 Å². The summed E-state index contributed by atoms with van der Waals surface area (Å²) < 4.78 is 0. The highest BCUT2D eigenvalue weighted by atomic mass is 16.6. The zero-order valence-electron chi connectivity index (χ0n) is 10.4. The Labute approximate surface area is 114 Å². The van der Waals surface area contributed by atoms with Gasteiger partial charge in [0.2, 0.25) is 0 Å². The van der Waals surface area contributed by atoms with Gasteiger partial charge in [0.05, 0.1) is 4.92 Å². The van der Waals surface area contributed by atoms with Crippen LogP contribution in [-0.2, 0) is 0 Å². The molecule has 0 bridgehead atoms. The fraction of sp³-hybridized carbons (Fsp3) is 0. The lowest BCUT2D eigenvalue weighted by Crippen LogP contribution is -1.96. The smallest absolute Gasteiger partial charge is 0.271 e. The average molecular weight is 269 g/mol. The van der Waals surface area contributed by atoms with Gasteiger partial charge in [0.1, 0.15) is 0 Å². The Kier molecular flexibility index (Phi) is 4.18. The molecule has 1 aromatic carbocycles. The molecule has 0 saturated heterocycles. The molecule has 0 saturated carbocycles. The van der Waals surface area contributed by atoms with E-state index < -0.39 is 4.92 Å². The number of carbonyl (C=O) groups is 1. The molecular formula is C14H11N3O3. The number of aromatic nitrogens is 1. The number of non-ortho nitro benzene ring substituents is 1. The van der Waals surface area contributed by atoms with Crippen LogP contribution in [0.25, 0.3) is 0 Å². The Balaban J connectivity index is 2.02. The molecule has 20 heavy (non-hydrogen) atoms. The maximum Gasteiger partial charge on any atom is 0.271 e. The second-order valence-electron chi connectivity index (χ2n) is 3.89. The molecule has 0 fully saturated rings. The third-order valence-corrected chi connectivity index (χ3v) is 2.51. The van der Waals surface area contributed by atoms with E-state index >= 15 is 0 Å². The average Bonchev–Trinajstić information content (AvgIpc) is 2.48. The lowest BCUT2D eigenvalue weighted by Gasteiger charge is -2.00. The second-order valence-corrected chi connectivity index (χ2v) is 3.89. The Hall–Kier alpha value is -3.02. The maximum absolute atomic E-state index is 11.7. The van der Waals surface area contributed by atoms with Crippen LogP contribution in [0, 0.1) is 10.1 Å². The number of pyridine rings is 1. The molecule has 0 aliphatic heterocycles. The van der Waals surface area contributed by atoms with Crippen molar-refractivity contribution in [3.8, 4) is 0 Å². The molecule has 0 aliphatic rings. The first-order valence-electron chi connectivity index (χ1n) is 5.79. The van der Waals surface area contributed by atoms with Gasteiger partial charge >= 0.3 is 0 Å². The van der Waals surface area contributed by atoms with Crippen molar-refractivity contribution < 1.29 is 9.72 Å². The number of nitrogens with zero attached hydrogens (tertiary/aromatic N) is 2. The van der Waals surface area contributed by atoms with E-state index in [-0.39, 0.29) is 11.5 Å². The number of benzene rings is 1. The maximum atomic E-state index is 11.7. The van der Waals surface area contributed by atoms with Crippen LogP contribution in [0.3, 0.4) is 0 Å². The highest BCUT2D eigenvalue weighted by molar-refractivity contribution is 6.04. The van der Waals surface area contributed by atoms with Crippen LogP contribution in [0.2, 0.25) is 0 Å². The molecule has 1 heterocycles. The number of carbonyl (C=O) groups excluding carboxylic acids is 1. The molecule has 1 aromatic heterocycles. The van der Waals surface area contributed by atoms with Crippen LogP contribution in [0.4, 0.5) is 11.4 Å². The van der Waals surface area contributed by atoms with Gasteiger partial charge in [-0.25, -0.2) is 0 Å². The van der Waals surface area contributed by atoms with Crippen LogP contribution in [0.5, 0.6) is 0 Å². The van der Waals surface area contributed by atoms with Gasteiger partial charge in [0.15, 0.2) is 5.78 Å². The van der Waals surface area contributed by atoms with Gasteiger partial charge in [-0.1, -0.05) is 6.07 Å². The molecule has 0 radical (unpaired) electrons. The molecule has 100 valence electrons. The number of ketones is 1. The number of rotatable bonds is 5. The standard InChI is InChI=1S/C14H11N3O3/c18-14(11-4-7-15-8-5-11)6-9-16-12-2-1-3-13(10-12)17(19)20/h1-10,16H/b9-6-. The Morgan fingerprint density at radius 1 is 1.25 bits per heavy atom. The van der Waals surface area contributed by atoms with Gasteiger partial charge in [-0.05, 0) is 18.2 Å². The Morgan fingerprint density at radius 3 is 2.70 bits per heavy atom. The quantitative estimate of drug-likeness (QED) is 0.390. The van der Waals surface area contributed by atoms with E-state index in [1.807, 2.05) is 0 Å². The van der Waals surface area contributed by atoms with Gasteiger partial charge in [0, 0.05) is 48.1 Å². The van der Waals surface area contributed by atoms with E-state index in [0.29, 0.717) is 11.3 Å². The summed E-state index contributed by atoms with van der Waals surface area (Å²) in [6.07, 6.45) is 5.88. The molecule has 1 N–H and O–H groups in total. The van der Waals surface area contributed by atoms with E-state index in [1.165, 1.54) is 36.8 Å². The van der Waals surface area contributed by atoms with Crippen LogP contribution in [-0.4, -0.2) is 15.7 Å². The Bertz CT molecular complexity index is 654. The first-order valence-corrected chi connectivity index (χ1v) is 5.79. The molecule has 0 unspecified atom stereocenters. The third kappa shape index (κ3) is 3.49. The molecule has 0 atom stereocenters. The summed E-state index contributed by atoms with van der Waals surface area (Å²) in [6, 6.07) is 9.26. The summed E-state index contributed by atoms with van der Waals surface area (Å²) in [7, 11) is 0. The highest BCUT2D eigenvalue weighted by Crippen LogP contribution is 2.16. The zero-order chi connectivity index (χ0) is 14.4. The van der Waals surface area contributed by atoms with Crippen LogP contribution < -0.4 is 5.32 Å². The lowest BCUT2D eigenvalue weighted by molar-refractivity contribution is -0.384. The van der Waals surface area contributed by atoms with Gasteiger partial charge in [-0.3, -0.25) is 19.9 Å². The van der Waals surface area contributed by atoms with Gasteiger partial charge in [-0.2, -0.15) is 0 Å². The summed E-state index contributed by atoms with van der Waals surface area (Å²) in [4.78, 5) is 25.7. The van der Waals surface area contributed by atoms with Crippen LogP contribution in [0.1, 0.15) is 10.4 Å². The minimum Gasteiger partial charge on any atom is -0.361 e. The molecule has 0 aliphatic carbocycles. The topological polar surface area (TPSA) is 85.1 Å². The predicted octanol–water partition coefficient (Wildman–Crippen LogP) is 2.80. The summed E-state index contributed by atoms with van der Waals surface area (Å²) in [5.41, 5.74) is 1.05. The molecule has 0 spiro atoms. The first-order chi connectivity index (χ1) is 9.66.